The minimum atomic E-state index is -0.127. The second kappa shape index (κ2) is 4.96. The highest BCUT2D eigenvalue weighted by Crippen LogP contribution is 2.28. The molecular formula is C13H18N4O. The Balaban J connectivity index is 1.77. The molecule has 5 heteroatoms. The number of hydrogen-bond donors (Lipinski definition) is 4. The minimum absolute atomic E-state index is 0.0407. The van der Waals surface area contributed by atoms with Crippen molar-refractivity contribution in [2.24, 2.45) is 0 Å². The van der Waals surface area contributed by atoms with Crippen molar-refractivity contribution < 1.29 is 4.79 Å². The van der Waals surface area contributed by atoms with Gasteiger partial charge in [0.1, 0.15) is 6.04 Å². The van der Waals surface area contributed by atoms with Gasteiger partial charge in [0.2, 0.25) is 5.91 Å². The average molecular weight is 246 g/mol. The largest absolute Gasteiger partial charge is 0.385 e. The van der Waals surface area contributed by atoms with E-state index in [2.05, 4.69) is 27.6 Å². The van der Waals surface area contributed by atoms with E-state index >= 15 is 0 Å². The van der Waals surface area contributed by atoms with Gasteiger partial charge in [-0.15, -0.1) is 0 Å². The lowest BCUT2D eigenvalue weighted by molar-refractivity contribution is -0.117. The summed E-state index contributed by atoms with van der Waals surface area (Å²) in [5.41, 5.74) is 9.27. The second-order valence-corrected chi connectivity index (χ2v) is 4.76. The molecule has 0 aliphatic carbocycles. The van der Waals surface area contributed by atoms with Crippen LogP contribution in [0.3, 0.4) is 0 Å². The van der Waals surface area contributed by atoms with Crippen molar-refractivity contribution in [2.75, 3.05) is 23.7 Å². The molecule has 2 heterocycles. The van der Waals surface area contributed by atoms with Crippen LogP contribution >= 0.6 is 0 Å². The summed E-state index contributed by atoms with van der Waals surface area (Å²) in [5.74, 6) is 0.0407. The molecule has 0 radical (unpaired) electrons. The minimum Gasteiger partial charge on any atom is -0.385 e. The number of nitrogens with one attached hydrogen (secondary N) is 4. The van der Waals surface area contributed by atoms with Crippen LogP contribution in [0.1, 0.15) is 18.4 Å². The molecule has 1 fully saturated rings. The monoisotopic (exact) mass is 246 g/mol. The summed E-state index contributed by atoms with van der Waals surface area (Å²) < 4.78 is 0. The summed E-state index contributed by atoms with van der Waals surface area (Å²) in [4.78, 5) is 12.1. The maximum atomic E-state index is 12.1. The second-order valence-electron chi connectivity index (χ2n) is 4.76. The molecule has 4 N–H and O–H groups in total. The predicted octanol–water partition coefficient (Wildman–Crippen LogP) is 0.850. The van der Waals surface area contributed by atoms with Gasteiger partial charge < -0.3 is 10.6 Å². The topological polar surface area (TPSA) is 65.2 Å². The number of hydrazine groups is 1. The molecule has 0 spiro atoms. The Hall–Kier alpha value is -1.59. The van der Waals surface area contributed by atoms with Crippen LogP contribution in [0.2, 0.25) is 0 Å². The van der Waals surface area contributed by atoms with E-state index in [4.69, 9.17) is 0 Å². The van der Waals surface area contributed by atoms with Crippen molar-refractivity contribution in [2.45, 2.75) is 25.3 Å². The quantitative estimate of drug-likeness (QED) is 0.624. The third kappa shape index (κ3) is 2.19. The van der Waals surface area contributed by atoms with Crippen LogP contribution in [0.25, 0.3) is 0 Å². The number of benzene rings is 1. The molecule has 2 aliphatic heterocycles. The van der Waals surface area contributed by atoms with Gasteiger partial charge in [0, 0.05) is 24.5 Å². The first kappa shape index (κ1) is 11.5. The smallest absolute Gasteiger partial charge is 0.242 e. The van der Waals surface area contributed by atoms with E-state index in [1.54, 1.807) is 0 Å². The molecular weight excluding hydrogens is 228 g/mol. The van der Waals surface area contributed by atoms with Crippen molar-refractivity contribution in [3.05, 3.63) is 23.8 Å². The molecule has 96 valence electrons. The standard InChI is InChI=1S/C13H18N4O/c18-13(12-6-8-15-17-12)16-11-5-1-4-10-9(11)3-2-7-14-10/h1,4-5,12,14-15,17H,2-3,6-8H2,(H,16,18). The zero-order valence-electron chi connectivity index (χ0n) is 10.3. The van der Waals surface area contributed by atoms with Crippen LogP contribution in [0.15, 0.2) is 18.2 Å². The fourth-order valence-electron chi connectivity index (χ4n) is 2.53. The van der Waals surface area contributed by atoms with Gasteiger partial charge in [0.05, 0.1) is 0 Å². The van der Waals surface area contributed by atoms with Gasteiger partial charge in [-0.3, -0.25) is 10.2 Å². The molecule has 2 aliphatic rings. The summed E-state index contributed by atoms with van der Waals surface area (Å²) in [6.07, 6.45) is 2.97. The lowest BCUT2D eigenvalue weighted by Crippen LogP contribution is -2.39. The fraction of sp³-hybridized carbons (Fsp3) is 0.462. The summed E-state index contributed by atoms with van der Waals surface area (Å²) in [6.45, 7) is 1.85. The molecule has 1 saturated heterocycles. The molecule has 5 nitrogen and oxygen atoms in total. The van der Waals surface area contributed by atoms with Crippen LogP contribution in [0.5, 0.6) is 0 Å². The van der Waals surface area contributed by atoms with E-state index in [0.717, 1.165) is 43.7 Å². The van der Waals surface area contributed by atoms with Crippen molar-refractivity contribution >= 4 is 17.3 Å². The lowest BCUT2D eigenvalue weighted by Gasteiger charge is -2.21. The molecule has 1 amide bonds. The van der Waals surface area contributed by atoms with Crippen LogP contribution in [-0.4, -0.2) is 25.0 Å². The molecule has 1 atom stereocenters. The van der Waals surface area contributed by atoms with Gasteiger partial charge in [-0.05, 0) is 37.0 Å². The first-order chi connectivity index (χ1) is 8.84. The average Bonchev–Trinajstić information content (AvgIpc) is 2.93. The number of amides is 1. The van der Waals surface area contributed by atoms with Gasteiger partial charge in [0.15, 0.2) is 0 Å². The van der Waals surface area contributed by atoms with E-state index in [1.165, 1.54) is 5.56 Å². The zero-order valence-corrected chi connectivity index (χ0v) is 10.3. The normalized spacial score (nSPS) is 22.1. The molecule has 1 aromatic carbocycles. The highest BCUT2D eigenvalue weighted by molar-refractivity contribution is 5.96. The van der Waals surface area contributed by atoms with Crippen LogP contribution < -0.4 is 21.5 Å². The first-order valence-electron chi connectivity index (χ1n) is 6.49. The highest BCUT2D eigenvalue weighted by Gasteiger charge is 2.23. The van der Waals surface area contributed by atoms with Crippen molar-refractivity contribution in [3.63, 3.8) is 0 Å². The third-order valence-corrected chi connectivity index (χ3v) is 3.50. The maximum Gasteiger partial charge on any atom is 0.242 e. The summed E-state index contributed by atoms with van der Waals surface area (Å²) in [7, 11) is 0. The Morgan fingerprint density at radius 1 is 1.33 bits per heavy atom. The van der Waals surface area contributed by atoms with Crippen LogP contribution in [0.4, 0.5) is 11.4 Å². The number of fused-ring (bicyclic) bond motifs is 1. The van der Waals surface area contributed by atoms with Crippen molar-refractivity contribution in [3.8, 4) is 0 Å². The summed E-state index contributed by atoms with van der Waals surface area (Å²) in [5, 5.41) is 6.40. The fourth-order valence-corrected chi connectivity index (χ4v) is 2.53. The highest BCUT2D eigenvalue weighted by atomic mass is 16.2. The summed E-state index contributed by atoms with van der Waals surface area (Å²) in [6, 6.07) is 5.90. The van der Waals surface area contributed by atoms with Crippen molar-refractivity contribution in [1.82, 2.24) is 10.9 Å². The Bertz CT molecular complexity index is 454. The maximum absolute atomic E-state index is 12.1. The number of rotatable bonds is 2. The van der Waals surface area contributed by atoms with Gasteiger partial charge in [-0.2, -0.15) is 0 Å². The van der Waals surface area contributed by atoms with E-state index in [9.17, 15) is 4.79 Å². The first-order valence-corrected chi connectivity index (χ1v) is 6.49. The molecule has 3 rings (SSSR count). The van der Waals surface area contributed by atoms with Gasteiger partial charge >= 0.3 is 0 Å². The summed E-state index contributed by atoms with van der Waals surface area (Å²) >= 11 is 0. The molecule has 1 unspecified atom stereocenters. The lowest BCUT2D eigenvalue weighted by atomic mass is 10.0. The zero-order chi connectivity index (χ0) is 12.4. The number of carbonyl (C=O) groups excluding carboxylic acids is 1. The Labute approximate surface area is 106 Å². The molecule has 0 bridgehead atoms. The Morgan fingerprint density at radius 2 is 2.28 bits per heavy atom. The SMILES string of the molecule is O=C(Nc1cccc2c1CCCN2)C1CCNN1. The molecule has 0 aromatic heterocycles. The van der Waals surface area contributed by atoms with Crippen LogP contribution in [-0.2, 0) is 11.2 Å². The van der Waals surface area contributed by atoms with E-state index in [0.29, 0.717) is 0 Å². The Morgan fingerprint density at radius 3 is 3.11 bits per heavy atom. The van der Waals surface area contributed by atoms with Crippen molar-refractivity contribution in [1.29, 1.82) is 0 Å². The van der Waals surface area contributed by atoms with E-state index in [-0.39, 0.29) is 11.9 Å². The number of carbonyl (C=O) groups is 1. The van der Waals surface area contributed by atoms with E-state index < -0.39 is 0 Å². The molecule has 1 aromatic rings. The predicted molar refractivity (Wildman–Crippen MR) is 71.4 cm³/mol. The van der Waals surface area contributed by atoms with Gasteiger partial charge in [-0.1, -0.05) is 6.07 Å². The number of anilines is 2. The van der Waals surface area contributed by atoms with Gasteiger partial charge in [0.25, 0.3) is 0 Å². The van der Waals surface area contributed by atoms with Crippen LogP contribution in [0, 0.1) is 0 Å². The molecule has 18 heavy (non-hydrogen) atoms. The molecule has 0 saturated carbocycles. The Kier molecular flexibility index (Phi) is 3.17. The number of hydrogen-bond acceptors (Lipinski definition) is 4. The van der Waals surface area contributed by atoms with Gasteiger partial charge in [-0.25, -0.2) is 5.43 Å². The third-order valence-electron chi connectivity index (χ3n) is 3.50. The van der Waals surface area contributed by atoms with E-state index in [1.807, 2.05) is 12.1 Å².